The summed E-state index contributed by atoms with van der Waals surface area (Å²) in [6.45, 7) is 7.27. The maximum Gasteiger partial charge on any atom is 0.119 e. The third kappa shape index (κ3) is 6.71. The quantitative estimate of drug-likeness (QED) is 0.490. The van der Waals surface area contributed by atoms with Crippen molar-refractivity contribution in [2.24, 2.45) is 0 Å². The van der Waals surface area contributed by atoms with Crippen LogP contribution in [0.2, 0.25) is 0 Å². The van der Waals surface area contributed by atoms with Gasteiger partial charge in [0.15, 0.2) is 0 Å². The van der Waals surface area contributed by atoms with Gasteiger partial charge in [-0.15, -0.1) is 0 Å². The van der Waals surface area contributed by atoms with E-state index < -0.39 is 0 Å². The number of hydrogen-bond donors (Lipinski definition) is 0. The smallest absolute Gasteiger partial charge is 0.119 e. The van der Waals surface area contributed by atoms with Crippen LogP contribution in [-0.4, -0.2) is 55.4 Å². The predicted molar refractivity (Wildman–Crippen MR) is 92.2 cm³/mol. The molecule has 2 rings (SSSR count). The van der Waals surface area contributed by atoms with E-state index in [0.29, 0.717) is 0 Å². The van der Waals surface area contributed by atoms with Crippen LogP contribution in [0.4, 0.5) is 0 Å². The van der Waals surface area contributed by atoms with Crippen molar-refractivity contribution in [3.8, 4) is 0 Å². The minimum atomic E-state index is 0.731. The van der Waals surface area contributed by atoms with E-state index in [1.165, 1.54) is 70.5 Å². The highest BCUT2D eigenvalue weighted by Crippen LogP contribution is 2.08. The molecule has 1 aromatic carbocycles. The van der Waals surface area contributed by atoms with Crippen LogP contribution >= 0.6 is 0 Å². The number of carbonyl (C=O) groups excluding carboxylic acids is 1. The van der Waals surface area contributed by atoms with Crippen molar-refractivity contribution in [2.75, 3.05) is 39.3 Å². The summed E-state index contributed by atoms with van der Waals surface area (Å²) in [5.41, 5.74) is 1.46. The van der Waals surface area contributed by atoms with E-state index >= 15 is 0 Å². The second-order valence-electron chi connectivity index (χ2n) is 6.29. The maximum atomic E-state index is 10.3. The summed E-state index contributed by atoms with van der Waals surface area (Å²) >= 11 is 0. The first-order chi connectivity index (χ1) is 10.9. The van der Waals surface area contributed by atoms with E-state index in [1.54, 1.807) is 0 Å². The van der Waals surface area contributed by atoms with Gasteiger partial charge in [-0.1, -0.05) is 36.8 Å². The van der Waals surface area contributed by atoms with Crippen LogP contribution in [0.3, 0.4) is 0 Å². The molecule has 0 aromatic heterocycles. The zero-order valence-electron chi connectivity index (χ0n) is 13.8. The highest BCUT2D eigenvalue weighted by molar-refractivity contribution is 5.48. The molecule has 0 N–H and O–H groups in total. The fourth-order valence-electron chi connectivity index (χ4n) is 3.13. The highest BCUT2D eigenvalue weighted by atomic mass is 16.1. The molecule has 3 nitrogen and oxygen atoms in total. The highest BCUT2D eigenvalue weighted by Gasteiger charge is 2.15. The lowest BCUT2D eigenvalue weighted by atomic mass is 10.1. The summed E-state index contributed by atoms with van der Waals surface area (Å²) in [7, 11) is 0. The van der Waals surface area contributed by atoms with Gasteiger partial charge in [0.1, 0.15) is 6.29 Å². The number of hydrogen-bond acceptors (Lipinski definition) is 3. The first-order valence-electron chi connectivity index (χ1n) is 8.81. The first kappa shape index (κ1) is 17.2. The third-order valence-corrected chi connectivity index (χ3v) is 4.54. The van der Waals surface area contributed by atoms with Gasteiger partial charge >= 0.3 is 0 Å². The Morgan fingerprint density at radius 2 is 1.45 bits per heavy atom. The Morgan fingerprint density at radius 3 is 2.09 bits per heavy atom. The van der Waals surface area contributed by atoms with Crippen LogP contribution in [0.25, 0.3) is 0 Å². The molecule has 1 aromatic rings. The summed E-state index contributed by atoms with van der Waals surface area (Å²) < 4.78 is 0. The number of carbonyl (C=O) groups is 1. The molecule has 1 aliphatic rings. The molecule has 0 radical (unpaired) electrons. The number of unbranched alkanes of at least 4 members (excludes halogenated alkanes) is 3. The predicted octanol–water partition coefficient (Wildman–Crippen LogP) is 3.00. The molecule has 0 spiro atoms. The lowest BCUT2D eigenvalue weighted by molar-refractivity contribution is -0.107. The van der Waals surface area contributed by atoms with Gasteiger partial charge in [-0.05, 0) is 44.3 Å². The molecule has 0 atom stereocenters. The molecule has 1 fully saturated rings. The average Bonchev–Trinajstić information content (AvgIpc) is 2.57. The van der Waals surface area contributed by atoms with Crippen molar-refractivity contribution >= 4 is 6.29 Å². The molecular weight excluding hydrogens is 272 g/mol. The van der Waals surface area contributed by atoms with Crippen LogP contribution in [0, 0.1) is 0 Å². The molecule has 0 aliphatic carbocycles. The Labute approximate surface area is 135 Å². The van der Waals surface area contributed by atoms with Crippen LogP contribution in [0.15, 0.2) is 30.3 Å². The number of rotatable bonds is 10. The van der Waals surface area contributed by atoms with Gasteiger partial charge in [-0.2, -0.15) is 0 Å². The van der Waals surface area contributed by atoms with Gasteiger partial charge in [-0.3, -0.25) is 0 Å². The van der Waals surface area contributed by atoms with Crippen LogP contribution in [0.1, 0.15) is 37.7 Å². The normalized spacial score (nSPS) is 16.7. The number of aryl methyl sites for hydroxylation is 1. The first-order valence-corrected chi connectivity index (χ1v) is 8.81. The summed E-state index contributed by atoms with van der Waals surface area (Å²) in [4.78, 5) is 15.4. The molecule has 0 saturated carbocycles. The standard InChI is InChI=1S/C19H30N2O/c22-18-7-2-1-6-12-20-14-16-21(17-15-20)13-8-11-19-9-4-3-5-10-19/h3-5,9-10,18H,1-2,6-8,11-17H2. The summed E-state index contributed by atoms with van der Waals surface area (Å²) in [6, 6.07) is 10.8. The van der Waals surface area contributed by atoms with Crippen LogP contribution < -0.4 is 0 Å². The Kier molecular flexibility index (Phi) is 8.21. The summed E-state index contributed by atoms with van der Waals surface area (Å²) in [5, 5.41) is 0. The number of benzene rings is 1. The SMILES string of the molecule is O=CCCCCCN1CCN(CCCc2ccccc2)CC1. The Balaban J connectivity index is 1.51. The van der Waals surface area contributed by atoms with Crippen molar-refractivity contribution in [3.05, 3.63) is 35.9 Å². The molecule has 122 valence electrons. The molecular formula is C19H30N2O. The summed E-state index contributed by atoms with van der Waals surface area (Å²) in [6.07, 6.45) is 7.71. The summed E-state index contributed by atoms with van der Waals surface area (Å²) in [5.74, 6) is 0. The largest absolute Gasteiger partial charge is 0.303 e. The fraction of sp³-hybridized carbons (Fsp3) is 0.632. The average molecular weight is 302 g/mol. The lowest BCUT2D eigenvalue weighted by Crippen LogP contribution is -2.46. The monoisotopic (exact) mass is 302 g/mol. The Bertz CT molecular complexity index is 399. The fourth-order valence-corrected chi connectivity index (χ4v) is 3.13. The third-order valence-electron chi connectivity index (χ3n) is 4.54. The van der Waals surface area contributed by atoms with E-state index in [2.05, 4.69) is 40.1 Å². The Morgan fingerprint density at radius 1 is 0.818 bits per heavy atom. The maximum absolute atomic E-state index is 10.3. The topological polar surface area (TPSA) is 23.6 Å². The molecule has 0 amide bonds. The molecule has 22 heavy (non-hydrogen) atoms. The zero-order valence-corrected chi connectivity index (χ0v) is 13.8. The van der Waals surface area contributed by atoms with Gasteiger partial charge in [0.05, 0.1) is 0 Å². The van der Waals surface area contributed by atoms with E-state index in [4.69, 9.17) is 0 Å². The van der Waals surface area contributed by atoms with Crippen LogP contribution in [-0.2, 0) is 11.2 Å². The molecule has 0 unspecified atom stereocenters. The van der Waals surface area contributed by atoms with Gasteiger partial charge in [0.2, 0.25) is 0 Å². The number of aldehydes is 1. The van der Waals surface area contributed by atoms with Crippen molar-refractivity contribution in [2.45, 2.75) is 38.5 Å². The van der Waals surface area contributed by atoms with E-state index in [9.17, 15) is 4.79 Å². The van der Waals surface area contributed by atoms with E-state index in [0.717, 1.165) is 19.1 Å². The minimum Gasteiger partial charge on any atom is -0.303 e. The number of piperazine rings is 1. The van der Waals surface area contributed by atoms with Crippen molar-refractivity contribution < 1.29 is 4.79 Å². The Hall–Kier alpha value is -1.19. The molecule has 1 aliphatic heterocycles. The van der Waals surface area contributed by atoms with Gasteiger partial charge in [0.25, 0.3) is 0 Å². The van der Waals surface area contributed by atoms with Gasteiger partial charge < -0.3 is 14.6 Å². The van der Waals surface area contributed by atoms with E-state index in [1.807, 2.05) is 0 Å². The lowest BCUT2D eigenvalue weighted by Gasteiger charge is -2.34. The van der Waals surface area contributed by atoms with Crippen molar-refractivity contribution in [1.82, 2.24) is 9.80 Å². The van der Waals surface area contributed by atoms with Crippen molar-refractivity contribution in [1.29, 1.82) is 0 Å². The molecule has 1 heterocycles. The van der Waals surface area contributed by atoms with Gasteiger partial charge in [-0.25, -0.2) is 0 Å². The molecule has 3 heteroatoms. The van der Waals surface area contributed by atoms with Gasteiger partial charge in [0, 0.05) is 32.6 Å². The minimum absolute atomic E-state index is 0.731. The molecule has 0 bridgehead atoms. The zero-order chi connectivity index (χ0) is 15.5. The second-order valence-corrected chi connectivity index (χ2v) is 6.29. The van der Waals surface area contributed by atoms with E-state index in [-0.39, 0.29) is 0 Å². The second kappa shape index (κ2) is 10.5. The molecule has 1 saturated heterocycles. The van der Waals surface area contributed by atoms with Crippen molar-refractivity contribution in [3.63, 3.8) is 0 Å². The van der Waals surface area contributed by atoms with Crippen LogP contribution in [0.5, 0.6) is 0 Å². The number of nitrogens with zero attached hydrogens (tertiary/aromatic N) is 2.